The summed E-state index contributed by atoms with van der Waals surface area (Å²) in [4.78, 5) is 40.8. The molecule has 2 saturated carbocycles. The van der Waals surface area contributed by atoms with E-state index in [1.807, 2.05) is 19.9 Å². The molecule has 3 aliphatic heterocycles. The van der Waals surface area contributed by atoms with Gasteiger partial charge in [-0.1, -0.05) is 19.9 Å². The number of hydrogen-bond acceptors (Lipinski definition) is 8. The van der Waals surface area contributed by atoms with Crippen LogP contribution in [0.5, 0.6) is 0 Å². The molecule has 8 heteroatoms. The predicted molar refractivity (Wildman–Crippen MR) is 114 cm³/mol. The van der Waals surface area contributed by atoms with Crippen LogP contribution in [0.1, 0.15) is 52.2 Å². The number of carbonyl (C=O) groups excluding carboxylic acids is 3. The molecule has 0 amide bonds. The summed E-state index contributed by atoms with van der Waals surface area (Å²) in [6.45, 7) is 7.61. The lowest BCUT2D eigenvalue weighted by Crippen LogP contribution is -2.77. The van der Waals surface area contributed by atoms with Gasteiger partial charge in [0.05, 0.1) is 24.7 Å². The van der Waals surface area contributed by atoms with Gasteiger partial charge in [0.1, 0.15) is 23.2 Å². The summed E-state index contributed by atoms with van der Waals surface area (Å²) in [6, 6.07) is 1.77. The first-order valence-electron chi connectivity index (χ1n) is 12.0. The lowest BCUT2D eigenvalue weighted by molar-refractivity contribution is -0.239. The van der Waals surface area contributed by atoms with Crippen molar-refractivity contribution in [1.29, 1.82) is 0 Å². The van der Waals surface area contributed by atoms with E-state index in [-0.39, 0.29) is 18.3 Å². The van der Waals surface area contributed by atoms with Crippen molar-refractivity contribution in [2.45, 2.75) is 70.1 Å². The number of Topliss-reactive ketones (excluding diaryl/α,β-unsaturated/α-hetero) is 1. The minimum Gasteiger partial charge on any atom is -0.472 e. The fourth-order valence-corrected chi connectivity index (χ4v) is 9.42. The lowest BCUT2D eigenvalue weighted by atomic mass is 9.34. The van der Waals surface area contributed by atoms with E-state index in [1.54, 1.807) is 26.2 Å². The third-order valence-electron chi connectivity index (χ3n) is 10.8. The molecule has 7 rings (SSSR count). The Kier molecular flexibility index (Phi) is 3.45. The zero-order valence-electron chi connectivity index (χ0n) is 19.6. The standard InChI is InChI=1S/C26H28O8/c1-21(2)25-15(27)6-9-24(25,12-32-21)14-5-8-22(3)18(13-7-10-31-11-13)33-20(30)19-26(22,34-19)23(14,4)16(28)17(25)29/h6-7,9-11,14,16,18-19,28H,5,8,12H2,1-4H3/t14-,16-,18+,19-,22-,23+,24-,25-,26-/m1/s1. The molecule has 1 spiro atoms. The Balaban J connectivity index is 1.47. The molecule has 9 atom stereocenters. The molecule has 0 unspecified atom stereocenters. The average Bonchev–Trinajstić information content (AvgIpc) is 3.08. The highest BCUT2D eigenvalue weighted by atomic mass is 16.7. The molecule has 0 aromatic carbocycles. The van der Waals surface area contributed by atoms with Crippen LogP contribution in [0.4, 0.5) is 0 Å². The smallest absolute Gasteiger partial charge is 0.339 e. The number of rotatable bonds is 1. The summed E-state index contributed by atoms with van der Waals surface area (Å²) in [6.07, 6.45) is 4.65. The first kappa shape index (κ1) is 21.0. The third-order valence-corrected chi connectivity index (χ3v) is 10.8. The van der Waals surface area contributed by atoms with E-state index in [0.717, 1.165) is 5.56 Å². The Morgan fingerprint density at radius 1 is 1.09 bits per heavy atom. The number of cyclic esters (lactones) is 1. The van der Waals surface area contributed by atoms with Gasteiger partial charge in [0.15, 0.2) is 17.7 Å². The molecule has 5 fully saturated rings. The SMILES string of the molecule is CC1(C)OC[C@@]23C=CC(=O)[C@@]12C(=O)[C@@H](O)[C@]1(C)[C@H]3CC[C@]2(C)[C@H](c3ccoc3)OC(=O)[C@H]3O[C@@]312. The van der Waals surface area contributed by atoms with Gasteiger partial charge in [-0.25, -0.2) is 4.79 Å². The summed E-state index contributed by atoms with van der Waals surface area (Å²) < 4.78 is 23.7. The maximum Gasteiger partial charge on any atom is 0.339 e. The molecule has 180 valence electrons. The zero-order valence-corrected chi connectivity index (χ0v) is 19.6. The molecule has 34 heavy (non-hydrogen) atoms. The van der Waals surface area contributed by atoms with E-state index in [1.165, 1.54) is 12.3 Å². The van der Waals surface area contributed by atoms with Crippen molar-refractivity contribution in [2.24, 2.45) is 27.6 Å². The van der Waals surface area contributed by atoms with E-state index in [9.17, 15) is 19.5 Å². The number of carbonyl (C=O) groups is 3. The molecule has 3 aliphatic carbocycles. The zero-order chi connectivity index (χ0) is 24.1. The van der Waals surface area contributed by atoms with Crippen molar-refractivity contribution in [3.8, 4) is 0 Å². The monoisotopic (exact) mass is 468 g/mol. The van der Waals surface area contributed by atoms with E-state index in [4.69, 9.17) is 18.6 Å². The van der Waals surface area contributed by atoms with Gasteiger partial charge >= 0.3 is 5.97 Å². The second kappa shape index (κ2) is 5.58. The highest BCUT2D eigenvalue weighted by Crippen LogP contribution is 2.81. The molecule has 4 heterocycles. The number of hydrogen-bond donors (Lipinski definition) is 1. The van der Waals surface area contributed by atoms with Crippen molar-refractivity contribution in [3.63, 3.8) is 0 Å². The Bertz CT molecular complexity index is 1200. The van der Waals surface area contributed by atoms with Crippen LogP contribution in [0.15, 0.2) is 35.2 Å². The number of epoxide rings is 1. The molecule has 0 radical (unpaired) electrons. The second-order valence-corrected chi connectivity index (χ2v) is 12.0. The summed E-state index contributed by atoms with van der Waals surface area (Å²) in [7, 11) is 0. The van der Waals surface area contributed by atoms with Crippen LogP contribution in [-0.4, -0.2) is 52.7 Å². The van der Waals surface area contributed by atoms with Crippen LogP contribution in [0.2, 0.25) is 0 Å². The van der Waals surface area contributed by atoms with E-state index >= 15 is 0 Å². The molecule has 1 aromatic rings. The van der Waals surface area contributed by atoms with Crippen molar-refractivity contribution in [3.05, 3.63) is 36.3 Å². The molecule has 8 nitrogen and oxygen atoms in total. The minimum absolute atomic E-state index is 0.202. The Morgan fingerprint density at radius 2 is 1.85 bits per heavy atom. The van der Waals surface area contributed by atoms with Crippen LogP contribution >= 0.6 is 0 Å². The number of aliphatic hydroxyl groups excluding tert-OH is 1. The predicted octanol–water partition coefficient (Wildman–Crippen LogP) is 2.30. The lowest BCUT2D eigenvalue weighted by Gasteiger charge is -2.66. The maximum absolute atomic E-state index is 14.2. The van der Waals surface area contributed by atoms with Crippen LogP contribution < -0.4 is 0 Å². The summed E-state index contributed by atoms with van der Waals surface area (Å²) >= 11 is 0. The van der Waals surface area contributed by atoms with Crippen molar-refractivity contribution >= 4 is 17.5 Å². The average molecular weight is 469 g/mol. The highest BCUT2D eigenvalue weighted by molar-refractivity contribution is 6.18. The highest BCUT2D eigenvalue weighted by Gasteiger charge is 2.92. The number of ketones is 2. The fraction of sp³-hybridized carbons (Fsp3) is 0.654. The number of allylic oxidation sites excluding steroid dienone is 1. The van der Waals surface area contributed by atoms with Crippen molar-refractivity contribution < 1.29 is 38.1 Å². The van der Waals surface area contributed by atoms with Gasteiger partial charge in [-0.2, -0.15) is 0 Å². The number of aliphatic hydroxyl groups is 1. The van der Waals surface area contributed by atoms with Crippen LogP contribution in [0.3, 0.4) is 0 Å². The number of furan rings is 1. The number of fused-ring (bicyclic) bond motifs is 1. The van der Waals surface area contributed by atoms with Crippen LogP contribution in [0, 0.1) is 27.6 Å². The van der Waals surface area contributed by atoms with Crippen molar-refractivity contribution in [2.75, 3.05) is 6.61 Å². The third kappa shape index (κ3) is 1.68. The van der Waals surface area contributed by atoms with Crippen LogP contribution in [-0.2, 0) is 28.6 Å². The minimum atomic E-state index is -1.50. The molecular weight excluding hydrogens is 440 g/mol. The first-order chi connectivity index (χ1) is 16.0. The van der Waals surface area contributed by atoms with Gasteiger partial charge < -0.3 is 23.7 Å². The largest absolute Gasteiger partial charge is 0.472 e. The van der Waals surface area contributed by atoms with Gasteiger partial charge in [0, 0.05) is 21.8 Å². The van der Waals surface area contributed by atoms with Crippen LogP contribution in [0.25, 0.3) is 0 Å². The molecule has 6 aliphatic rings. The van der Waals surface area contributed by atoms with Gasteiger partial charge in [0.25, 0.3) is 0 Å². The Morgan fingerprint density at radius 3 is 2.56 bits per heavy atom. The Labute approximate surface area is 196 Å². The molecule has 1 N–H and O–H groups in total. The van der Waals surface area contributed by atoms with E-state index in [0.29, 0.717) is 12.8 Å². The molecule has 1 aromatic heterocycles. The molecule has 3 saturated heterocycles. The quantitative estimate of drug-likeness (QED) is 0.379. The fourth-order valence-electron chi connectivity index (χ4n) is 9.42. The molecule has 0 bridgehead atoms. The molecular formula is C26H28O8. The van der Waals surface area contributed by atoms with Gasteiger partial charge in [-0.15, -0.1) is 0 Å². The second-order valence-electron chi connectivity index (χ2n) is 12.0. The topological polar surface area (TPSA) is 116 Å². The van der Waals surface area contributed by atoms with Gasteiger partial charge in [-0.05, 0) is 44.7 Å². The first-order valence-corrected chi connectivity index (χ1v) is 12.0. The van der Waals surface area contributed by atoms with E-state index in [2.05, 4.69) is 0 Å². The van der Waals surface area contributed by atoms with Crippen molar-refractivity contribution in [1.82, 2.24) is 0 Å². The number of esters is 1. The summed E-state index contributed by atoms with van der Waals surface area (Å²) in [5, 5.41) is 11.9. The Hall–Kier alpha value is -2.29. The van der Waals surface area contributed by atoms with Gasteiger partial charge in [-0.3, -0.25) is 9.59 Å². The summed E-state index contributed by atoms with van der Waals surface area (Å²) in [5.41, 5.74) is -5.71. The number of ether oxygens (including phenoxy) is 3. The van der Waals surface area contributed by atoms with E-state index < -0.39 is 62.9 Å². The normalized spacial score (nSPS) is 54.0. The maximum atomic E-state index is 14.2. The van der Waals surface area contributed by atoms with Gasteiger partial charge in [0.2, 0.25) is 0 Å². The summed E-state index contributed by atoms with van der Waals surface area (Å²) in [5.74, 6) is -1.65.